The molecule has 0 atom stereocenters. The number of azide groups is 4. The lowest BCUT2D eigenvalue weighted by Gasteiger charge is -2.17. The van der Waals surface area contributed by atoms with Crippen molar-refractivity contribution >= 4 is 0 Å². The highest BCUT2D eigenvalue weighted by Gasteiger charge is 2.14. The van der Waals surface area contributed by atoms with E-state index in [1.165, 1.54) is 14.2 Å². The molecule has 0 spiro atoms. The smallest absolute Gasteiger partial charge is 0.126 e. The number of hydrogen-bond donors (Lipinski definition) is 0. The van der Waals surface area contributed by atoms with E-state index in [0.29, 0.717) is 56.4 Å². The van der Waals surface area contributed by atoms with Crippen molar-refractivity contribution in [3.05, 3.63) is 124 Å². The molecule has 0 bridgehead atoms. The fourth-order valence-electron chi connectivity index (χ4n) is 4.01. The molecule has 0 fully saturated rings. The second-order valence-electron chi connectivity index (χ2n) is 8.58. The second-order valence-corrected chi connectivity index (χ2v) is 8.58. The van der Waals surface area contributed by atoms with Gasteiger partial charge in [-0.05, 0) is 80.8 Å². The van der Waals surface area contributed by atoms with Gasteiger partial charge < -0.3 is 18.9 Å². The molecule has 3 aromatic rings. The van der Waals surface area contributed by atoms with Crippen molar-refractivity contribution in [1.82, 2.24) is 0 Å². The Morgan fingerprint density at radius 1 is 0.500 bits per heavy atom. The summed E-state index contributed by atoms with van der Waals surface area (Å²) in [5.41, 5.74) is 38.9. The van der Waals surface area contributed by atoms with Gasteiger partial charge in [0.25, 0.3) is 0 Å². The Morgan fingerprint density at radius 3 is 1.07 bits per heavy atom. The molecule has 3 rings (SSSR count). The minimum absolute atomic E-state index is 0.115. The third kappa shape index (κ3) is 9.09. The molecule has 3 aromatic carbocycles. The normalized spacial score (nSPS) is 9.76. The van der Waals surface area contributed by atoms with Crippen LogP contribution in [0.3, 0.4) is 0 Å². The zero-order valence-electron chi connectivity index (χ0n) is 22.9. The van der Waals surface area contributed by atoms with Gasteiger partial charge in [0, 0.05) is 30.8 Å². The zero-order chi connectivity index (χ0) is 30.2. The Bertz CT molecular complexity index is 1410. The first-order valence-corrected chi connectivity index (χ1v) is 12.3. The lowest BCUT2D eigenvalue weighted by atomic mass is 10.1. The molecule has 0 heterocycles. The van der Waals surface area contributed by atoms with E-state index in [2.05, 4.69) is 40.1 Å². The van der Waals surface area contributed by atoms with E-state index in [0.717, 1.165) is 0 Å². The summed E-state index contributed by atoms with van der Waals surface area (Å²) in [4.78, 5) is 11.2. The Kier molecular flexibility index (Phi) is 11.9. The number of hydrogen-bond acceptors (Lipinski definition) is 8. The minimum atomic E-state index is 0.115. The van der Waals surface area contributed by atoms with Crippen molar-refractivity contribution in [2.24, 2.45) is 20.5 Å². The first-order valence-electron chi connectivity index (χ1n) is 12.3. The highest BCUT2D eigenvalue weighted by molar-refractivity contribution is 5.47. The van der Waals surface area contributed by atoms with Gasteiger partial charge in [0.05, 0.1) is 40.4 Å². The molecule has 214 valence electrons. The Morgan fingerprint density at radius 2 is 0.810 bits per heavy atom. The summed E-state index contributed by atoms with van der Waals surface area (Å²) < 4.78 is 23.3. The molecule has 0 unspecified atom stereocenters. The predicted octanol–water partition coefficient (Wildman–Crippen LogP) is 8.10. The van der Waals surface area contributed by atoms with Crippen LogP contribution < -0.4 is 18.9 Å². The van der Waals surface area contributed by atoms with Crippen molar-refractivity contribution < 1.29 is 18.9 Å². The van der Waals surface area contributed by atoms with Crippen molar-refractivity contribution in [2.75, 3.05) is 14.2 Å². The Labute approximate surface area is 239 Å². The van der Waals surface area contributed by atoms with E-state index in [1.54, 1.807) is 48.5 Å². The van der Waals surface area contributed by atoms with Crippen molar-refractivity contribution in [2.45, 2.75) is 39.4 Å². The molecule has 0 aliphatic rings. The molecule has 0 aliphatic carbocycles. The van der Waals surface area contributed by atoms with E-state index in [1.807, 2.05) is 0 Å². The molecule has 16 heteroatoms. The molecule has 0 saturated carbocycles. The first kappa shape index (κ1) is 30.6. The van der Waals surface area contributed by atoms with Crippen molar-refractivity contribution in [1.29, 1.82) is 0 Å². The third-order valence-electron chi connectivity index (χ3n) is 5.79. The molecule has 0 aliphatic heterocycles. The van der Waals surface area contributed by atoms with E-state index >= 15 is 0 Å². The number of benzene rings is 3. The molecule has 0 N–H and O–H groups in total. The standard InChI is InChI=1S/C26H26N12O4/c1-39-25-9-22(16-42-24-7-19(13-33-37-29)4-20(8-24)14-34-38-30)26(40-2)10-21(25)15-41-23-5-17(11-31-35-27)3-18(6-23)12-32-36-28/h3-10H,11-16H2,1-2H3. The number of methoxy groups -OCH3 is 2. The predicted molar refractivity (Wildman–Crippen MR) is 152 cm³/mol. The molecular weight excluding hydrogens is 544 g/mol. The second kappa shape index (κ2) is 16.3. The zero-order valence-corrected chi connectivity index (χ0v) is 22.9. The summed E-state index contributed by atoms with van der Waals surface area (Å²) >= 11 is 0. The van der Waals surface area contributed by atoms with E-state index < -0.39 is 0 Å². The van der Waals surface area contributed by atoms with Crippen LogP contribution in [0, 0.1) is 0 Å². The average Bonchev–Trinajstić information content (AvgIpc) is 3.02. The van der Waals surface area contributed by atoms with Crippen LogP contribution in [-0.4, -0.2) is 14.2 Å². The number of rotatable bonds is 16. The average molecular weight is 571 g/mol. The minimum Gasteiger partial charge on any atom is -0.496 e. The maximum atomic E-state index is 8.67. The van der Waals surface area contributed by atoms with Crippen LogP contribution in [0.5, 0.6) is 23.0 Å². The SMILES string of the molecule is COc1cc(COc2cc(CN=[N+]=[N-])cc(CN=[N+]=[N-])c2)c(OC)cc1COc1cc(CN=[N+]=[N-])cc(CN=[N+]=[N-])c1. The lowest BCUT2D eigenvalue weighted by Crippen LogP contribution is -2.05. The monoisotopic (exact) mass is 570 g/mol. The summed E-state index contributed by atoms with van der Waals surface area (Å²) in [6.07, 6.45) is 0. The Balaban J connectivity index is 1.83. The van der Waals surface area contributed by atoms with Crippen LogP contribution >= 0.6 is 0 Å². The molecule has 42 heavy (non-hydrogen) atoms. The highest BCUT2D eigenvalue weighted by Crippen LogP contribution is 2.32. The highest BCUT2D eigenvalue weighted by atomic mass is 16.5. The fraction of sp³-hybridized carbons (Fsp3) is 0.308. The summed E-state index contributed by atoms with van der Waals surface area (Å²) in [7, 11) is 3.07. The van der Waals surface area contributed by atoms with Gasteiger partial charge >= 0.3 is 0 Å². The molecule has 16 nitrogen and oxygen atoms in total. The summed E-state index contributed by atoms with van der Waals surface area (Å²) in [6, 6.07) is 14.1. The first-order chi connectivity index (χ1) is 20.5. The van der Waals surface area contributed by atoms with Crippen molar-refractivity contribution in [3.8, 4) is 23.0 Å². The van der Waals surface area contributed by atoms with Crippen LogP contribution in [0.25, 0.3) is 41.8 Å². The summed E-state index contributed by atoms with van der Waals surface area (Å²) in [5.74, 6) is 2.06. The van der Waals surface area contributed by atoms with E-state index in [-0.39, 0.29) is 39.4 Å². The molecule has 0 saturated heterocycles. The van der Waals surface area contributed by atoms with Gasteiger partial charge in [0.1, 0.15) is 36.2 Å². The largest absolute Gasteiger partial charge is 0.496 e. The molecular formula is C26H26N12O4. The maximum absolute atomic E-state index is 8.67. The quantitative estimate of drug-likeness (QED) is 0.0942. The fourth-order valence-corrected chi connectivity index (χ4v) is 4.01. The Hall–Kier alpha value is -5.90. The van der Waals surface area contributed by atoms with Gasteiger partial charge in [-0.1, -0.05) is 32.6 Å². The van der Waals surface area contributed by atoms with Gasteiger partial charge in [-0.2, -0.15) is 0 Å². The number of nitrogens with zero attached hydrogens (tertiary/aromatic N) is 12. The number of ether oxygens (including phenoxy) is 4. The van der Waals surface area contributed by atoms with Gasteiger partial charge in [-0.3, -0.25) is 0 Å². The van der Waals surface area contributed by atoms with Gasteiger partial charge in [0.15, 0.2) is 0 Å². The maximum Gasteiger partial charge on any atom is 0.126 e. The van der Waals surface area contributed by atoms with E-state index in [4.69, 9.17) is 41.1 Å². The van der Waals surface area contributed by atoms with Crippen LogP contribution in [0.1, 0.15) is 33.4 Å². The van der Waals surface area contributed by atoms with E-state index in [9.17, 15) is 0 Å². The van der Waals surface area contributed by atoms with Crippen molar-refractivity contribution in [3.63, 3.8) is 0 Å². The lowest BCUT2D eigenvalue weighted by molar-refractivity contribution is 0.286. The molecule has 0 radical (unpaired) electrons. The van der Waals surface area contributed by atoms with Gasteiger partial charge in [-0.15, -0.1) is 0 Å². The van der Waals surface area contributed by atoms with Crippen LogP contribution in [0.2, 0.25) is 0 Å². The molecule has 0 aromatic heterocycles. The summed E-state index contributed by atoms with van der Waals surface area (Å²) in [6.45, 7) is 0.705. The van der Waals surface area contributed by atoms with Crippen LogP contribution in [0.4, 0.5) is 0 Å². The van der Waals surface area contributed by atoms with Gasteiger partial charge in [0.2, 0.25) is 0 Å². The summed E-state index contributed by atoms with van der Waals surface area (Å²) in [5, 5.41) is 14.4. The third-order valence-corrected chi connectivity index (χ3v) is 5.79. The van der Waals surface area contributed by atoms with Crippen LogP contribution in [0.15, 0.2) is 69.0 Å². The molecule has 0 amide bonds. The van der Waals surface area contributed by atoms with Gasteiger partial charge in [-0.25, -0.2) is 0 Å². The topological polar surface area (TPSA) is 232 Å². The van der Waals surface area contributed by atoms with Crippen LogP contribution in [-0.2, 0) is 39.4 Å².